The third kappa shape index (κ3) is 3.07. The van der Waals surface area contributed by atoms with Crippen LogP contribution in [0, 0.1) is 6.92 Å². The van der Waals surface area contributed by atoms with Gasteiger partial charge >= 0.3 is 0 Å². The van der Waals surface area contributed by atoms with Crippen molar-refractivity contribution in [1.29, 1.82) is 0 Å². The molecule has 0 radical (unpaired) electrons. The lowest BCUT2D eigenvalue weighted by atomic mass is 10.1. The van der Waals surface area contributed by atoms with Gasteiger partial charge in [0.25, 0.3) is 0 Å². The predicted molar refractivity (Wildman–Crippen MR) is 104 cm³/mol. The summed E-state index contributed by atoms with van der Waals surface area (Å²) in [5.74, 6) is 0.316. The summed E-state index contributed by atoms with van der Waals surface area (Å²) in [7, 11) is 0. The summed E-state index contributed by atoms with van der Waals surface area (Å²) in [4.78, 5) is 29.1. The molecule has 0 aliphatic rings. The molecule has 0 atom stereocenters. The number of fused-ring (bicyclic) bond motifs is 1. The second-order valence-corrected chi connectivity index (χ2v) is 7.48. The molecule has 1 amide bonds. The van der Waals surface area contributed by atoms with Crippen LogP contribution in [0.4, 0.5) is 5.82 Å². The lowest BCUT2D eigenvalue weighted by Gasteiger charge is -2.05. The number of halogens is 1. The number of carbonyl (C=O) groups is 1. The third-order valence-electron chi connectivity index (χ3n) is 3.79. The van der Waals surface area contributed by atoms with Gasteiger partial charge < -0.3 is 10.3 Å². The Kier molecular flexibility index (Phi) is 4.18. The highest BCUT2D eigenvalue weighted by Crippen LogP contribution is 2.39. The second-order valence-electron chi connectivity index (χ2n) is 5.81. The number of carbonyl (C=O) groups excluding carboxylic acids is 1. The molecule has 4 aromatic heterocycles. The molecule has 0 spiro atoms. The van der Waals surface area contributed by atoms with Crippen LogP contribution in [-0.2, 0) is 4.79 Å². The minimum atomic E-state index is -0.171. The van der Waals surface area contributed by atoms with Crippen LogP contribution in [-0.4, -0.2) is 25.8 Å². The number of aromatic amines is 1. The standard InChI is InChI=1S/C18H14ClN5OS/c1-9-7-22-18(26-9)15-16(24-13-6-12(19)8-21-17(13)15)11-3-4-20-14(5-11)23-10(2)25/h3-8,24H,1-2H3,(H,20,23,25). The summed E-state index contributed by atoms with van der Waals surface area (Å²) in [6.45, 7) is 3.47. The lowest BCUT2D eigenvalue weighted by Crippen LogP contribution is -2.07. The molecule has 0 saturated heterocycles. The molecule has 0 unspecified atom stereocenters. The summed E-state index contributed by atoms with van der Waals surface area (Å²) in [6, 6.07) is 5.53. The van der Waals surface area contributed by atoms with Crippen molar-refractivity contribution in [1.82, 2.24) is 19.9 Å². The van der Waals surface area contributed by atoms with Gasteiger partial charge in [-0.1, -0.05) is 11.6 Å². The number of aromatic nitrogens is 4. The van der Waals surface area contributed by atoms with Crippen molar-refractivity contribution in [3.8, 4) is 21.8 Å². The van der Waals surface area contributed by atoms with Gasteiger partial charge in [-0.25, -0.2) is 9.97 Å². The summed E-state index contributed by atoms with van der Waals surface area (Å²) in [5.41, 5.74) is 4.28. The number of H-pyrrole nitrogens is 1. The van der Waals surface area contributed by atoms with E-state index in [0.29, 0.717) is 10.8 Å². The van der Waals surface area contributed by atoms with Crippen molar-refractivity contribution in [2.24, 2.45) is 0 Å². The van der Waals surface area contributed by atoms with Crippen LogP contribution in [0.1, 0.15) is 11.8 Å². The highest BCUT2D eigenvalue weighted by Gasteiger charge is 2.19. The maximum atomic E-state index is 11.3. The van der Waals surface area contributed by atoms with Gasteiger partial charge in [-0.15, -0.1) is 11.3 Å². The topological polar surface area (TPSA) is 83.6 Å². The Morgan fingerprint density at radius 2 is 2.08 bits per heavy atom. The van der Waals surface area contributed by atoms with Crippen LogP contribution >= 0.6 is 22.9 Å². The number of anilines is 1. The second kappa shape index (κ2) is 6.51. The Balaban J connectivity index is 1.96. The summed E-state index contributed by atoms with van der Waals surface area (Å²) < 4.78 is 0. The molecule has 0 fully saturated rings. The van der Waals surface area contributed by atoms with Gasteiger partial charge in [-0.3, -0.25) is 9.78 Å². The fourth-order valence-electron chi connectivity index (χ4n) is 2.78. The maximum Gasteiger partial charge on any atom is 0.222 e. The van der Waals surface area contributed by atoms with Crippen molar-refractivity contribution in [2.75, 3.05) is 5.32 Å². The monoisotopic (exact) mass is 383 g/mol. The zero-order chi connectivity index (χ0) is 18.3. The van der Waals surface area contributed by atoms with Gasteiger partial charge in [0.2, 0.25) is 5.91 Å². The number of hydrogen-bond donors (Lipinski definition) is 2. The number of nitrogens with one attached hydrogen (secondary N) is 2. The minimum absolute atomic E-state index is 0.171. The molecule has 2 N–H and O–H groups in total. The van der Waals surface area contributed by atoms with Gasteiger partial charge in [-0.2, -0.15) is 0 Å². The molecule has 4 heterocycles. The smallest absolute Gasteiger partial charge is 0.222 e. The first-order valence-corrected chi connectivity index (χ1v) is 9.05. The number of hydrogen-bond acceptors (Lipinski definition) is 5. The number of amides is 1. The number of thiazole rings is 1. The first-order chi connectivity index (χ1) is 12.5. The first kappa shape index (κ1) is 16.7. The van der Waals surface area contributed by atoms with E-state index in [1.54, 1.807) is 23.7 Å². The number of nitrogens with zero attached hydrogens (tertiary/aromatic N) is 3. The molecular weight excluding hydrogens is 370 g/mol. The molecule has 0 saturated carbocycles. The van der Waals surface area contributed by atoms with Crippen LogP contribution in [0.3, 0.4) is 0 Å². The van der Waals surface area contributed by atoms with Crippen molar-refractivity contribution in [3.05, 3.63) is 46.7 Å². The SMILES string of the molecule is CC(=O)Nc1cc(-c2[nH]c3cc(Cl)cnc3c2-c2ncc(C)s2)ccn1. The van der Waals surface area contributed by atoms with Crippen molar-refractivity contribution < 1.29 is 4.79 Å². The number of rotatable bonds is 3. The molecular formula is C18H14ClN5OS. The molecule has 0 aliphatic heterocycles. The molecule has 4 rings (SSSR count). The Morgan fingerprint density at radius 3 is 2.81 bits per heavy atom. The minimum Gasteiger partial charge on any atom is -0.353 e. The van der Waals surface area contributed by atoms with E-state index in [1.807, 2.05) is 31.3 Å². The molecule has 130 valence electrons. The van der Waals surface area contributed by atoms with Gasteiger partial charge in [0, 0.05) is 36.0 Å². The van der Waals surface area contributed by atoms with Gasteiger partial charge in [0.1, 0.15) is 10.8 Å². The summed E-state index contributed by atoms with van der Waals surface area (Å²) >= 11 is 7.70. The zero-order valence-corrected chi connectivity index (χ0v) is 15.6. The zero-order valence-electron chi connectivity index (χ0n) is 14.0. The molecule has 6 nitrogen and oxygen atoms in total. The fourth-order valence-corrected chi connectivity index (χ4v) is 3.75. The van der Waals surface area contributed by atoms with Gasteiger partial charge in [0.05, 0.1) is 27.3 Å². The van der Waals surface area contributed by atoms with Crippen molar-refractivity contribution in [3.63, 3.8) is 0 Å². The largest absolute Gasteiger partial charge is 0.353 e. The predicted octanol–water partition coefficient (Wildman–Crippen LogP) is 4.67. The molecule has 4 aromatic rings. The number of aryl methyl sites for hydroxylation is 1. The van der Waals surface area contributed by atoms with Crippen LogP contribution in [0.2, 0.25) is 5.02 Å². The quantitative estimate of drug-likeness (QED) is 0.538. The maximum absolute atomic E-state index is 11.3. The summed E-state index contributed by atoms with van der Waals surface area (Å²) in [5, 5.41) is 4.14. The summed E-state index contributed by atoms with van der Waals surface area (Å²) in [6.07, 6.45) is 5.12. The van der Waals surface area contributed by atoms with Crippen LogP contribution < -0.4 is 5.32 Å². The van der Waals surface area contributed by atoms with E-state index in [4.69, 9.17) is 11.6 Å². The van der Waals surface area contributed by atoms with Crippen LogP contribution in [0.5, 0.6) is 0 Å². The molecule has 8 heteroatoms. The average Bonchev–Trinajstić information content (AvgIpc) is 3.17. The molecule has 0 aromatic carbocycles. The normalized spacial score (nSPS) is 11.0. The Labute approximate surface area is 158 Å². The fraction of sp³-hybridized carbons (Fsp3) is 0.111. The van der Waals surface area contributed by atoms with E-state index < -0.39 is 0 Å². The van der Waals surface area contributed by atoms with E-state index in [0.717, 1.165) is 37.7 Å². The van der Waals surface area contributed by atoms with Gasteiger partial charge in [0.15, 0.2) is 0 Å². The van der Waals surface area contributed by atoms with Crippen molar-refractivity contribution in [2.45, 2.75) is 13.8 Å². The van der Waals surface area contributed by atoms with Crippen LogP contribution in [0.15, 0.2) is 36.8 Å². The molecule has 0 bridgehead atoms. The average molecular weight is 384 g/mol. The van der Waals surface area contributed by atoms with E-state index in [9.17, 15) is 4.79 Å². The van der Waals surface area contributed by atoms with E-state index in [1.165, 1.54) is 6.92 Å². The Morgan fingerprint density at radius 1 is 1.23 bits per heavy atom. The third-order valence-corrected chi connectivity index (χ3v) is 4.93. The Hall–Kier alpha value is -2.77. The lowest BCUT2D eigenvalue weighted by molar-refractivity contribution is -0.114. The highest BCUT2D eigenvalue weighted by atomic mass is 35.5. The highest BCUT2D eigenvalue weighted by molar-refractivity contribution is 7.15. The van der Waals surface area contributed by atoms with Crippen molar-refractivity contribution >= 4 is 45.7 Å². The van der Waals surface area contributed by atoms with E-state index in [2.05, 4.69) is 25.3 Å². The Bertz CT molecular complexity index is 1130. The van der Waals surface area contributed by atoms with Crippen LogP contribution in [0.25, 0.3) is 32.9 Å². The van der Waals surface area contributed by atoms with Gasteiger partial charge in [-0.05, 0) is 25.1 Å². The molecule has 26 heavy (non-hydrogen) atoms. The van der Waals surface area contributed by atoms with E-state index >= 15 is 0 Å². The number of pyridine rings is 2. The first-order valence-electron chi connectivity index (χ1n) is 7.85. The molecule has 0 aliphatic carbocycles. The van der Waals surface area contributed by atoms with E-state index in [-0.39, 0.29) is 5.91 Å².